The monoisotopic (exact) mass is 296 g/mol. The molecule has 1 fully saturated rings. The number of morpholine rings is 1. The van der Waals surface area contributed by atoms with E-state index in [4.69, 9.17) is 4.74 Å². The number of nitrogens with zero attached hydrogens (tertiary/aromatic N) is 2. The Labute approximate surface area is 130 Å². The van der Waals surface area contributed by atoms with Gasteiger partial charge in [0.15, 0.2) is 0 Å². The van der Waals surface area contributed by atoms with Crippen molar-refractivity contribution in [3.63, 3.8) is 0 Å². The van der Waals surface area contributed by atoms with Crippen LogP contribution in [0, 0.1) is 6.92 Å². The molecule has 0 N–H and O–H groups in total. The normalized spacial score (nSPS) is 18.2. The lowest BCUT2D eigenvalue weighted by Gasteiger charge is -2.33. The summed E-state index contributed by atoms with van der Waals surface area (Å²) in [6.45, 7) is 3.72. The Hall–Kier alpha value is -2.20. The van der Waals surface area contributed by atoms with Crippen LogP contribution < -0.4 is 0 Å². The van der Waals surface area contributed by atoms with Crippen LogP contribution in [0.4, 0.5) is 0 Å². The molecular formula is C18H20N2O2. The molecule has 1 atom stereocenters. The lowest BCUT2D eigenvalue weighted by Crippen LogP contribution is -2.46. The van der Waals surface area contributed by atoms with Crippen molar-refractivity contribution in [3.8, 4) is 0 Å². The molecule has 0 radical (unpaired) electrons. The number of carbonyl (C=O) groups is 1. The predicted octanol–water partition coefficient (Wildman–Crippen LogP) is 2.47. The van der Waals surface area contributed by atoms with Crippen LogP contribution in [-0.4, -0.2) is 41.6 Å². The van der Waals surface area contributed by atoms with Crippen LogP contribution in [0.3, 0.4) is 0 Å². The molecule has 0 spiro atoms. The number of rotatable bonds is 3. The summed E-state index contributed by atoms with van der Waals surface area (Å²) in [5, 5.41) is 0. The third-order valence-corrected chi connectivity index (χ3v) is 3.97. The van der Waals surface area contributed by atoms with E-state index in [-0.39, 0.29) is 12.0 Å². The van der Waals surface area contributed by atoms with Crippen LogP contribution in [0.1, 0.15) is 21.6 Å². The molecule has 0 unspecified atom stereocenters. The van der Waals surface area contributed by atoms with Crippen LogP contribution in [0.15, 0.2) is 48.7 Å². The van der Waals surface area contributed by atoms with E-state index in [1.165, 1.54) is 5.56 Å². The van der Waals surface area contributed by atoms with Crippen molar-refractivity contribution in [2.45, 2.75) is 19.4 Å². The maximum absolute atomic E-state index is 12.6. The highest BCUT2D eigenvalue weighted by atomic mass is 16.5. The second-order valence-corrected chi connectivity index (χ2v) is 5.57. The van der Waals surface area contributed by atoms with Gasteiger partial charge in [0.2, 0.25) is 0 Å². The number of benzene rings is 1. The van der Waals surface area contributed by atoms with E-state index in [9.17, 15) is 4.79 Å². The first kappa shape index (κ1) is 14.7. The van der Waals surface area contributed by atoms with Crippen molar-refractivity contribution in [2.24, 2.45) is 0 Å². The molecule has 22 heavy (non-hydrogen) atoms. The van der Waals surface area contributed by atoms with Crippen molar-refractivity contribution < 1.29 is 9.53 Å². The van der Waals surface area contributed by atoms with Gasteiger partial charge in [0.05, 0.1) is 18.3 Å². The Morgan fingerprint density at radius 1 is 1.27 bits per heavy atom. The molecular weight excluding hydrogens is 276 g/mol. The molecule has 0 aliphatic carbocycles. The molecule has 114 valence electrons. The molecule has 0 bridgehead atoms. The molecule has 1 amide bonds. The summed E-state index contributed by atoms with van der Waals surface area (Å²) in [7, 11) is 0. The summed E-state index contributed by atoms with van der Waals surface area (Å²) >= 11 is 0. The average Bonchev–Trinajstić information content (AvgIpc) is 2.56. The number of hydrogen-bond acceptors (Lipinski definition) is 3. The molecule has 1 aromatic heterocycles. The quantitative estimate of drug-likeness (QED) is 0.874. The highest BCUT2D eigenvalue weighted by Crippen LogP contribution is 2.15. The van der Waals surface area contributed by atoms with E-state index >= 15 is 0 Å². The van der Waals surface area contributed by atoms with Gasteiger partial charge >= 0.3 is 0 Å². The predicted molar refractivity (Wildman–Crippen MR) is 84.8 cm³/mol. The van der Waals surface area contributed by atoms with E-state index in [1.807, 2.05) is 42.2 Å². The molecule has 3 rings (SSSR count). The summed E-state index contributed by atoms with van der Waals surface area (Å²) in [4.78, 5) is 18.7. The van der Waals surface area contributed by atoms with Crippen LogP contribution in [0.5, 0.6) is 0 Å². The fraction of sp³-hybridized carbons (Fsp3) is 0.333. The molecule has 2 heterocycles. The Morgan fingerprint density at radius 2 is 2.09 bits per heavy atom. The van der Waals surface area contributed by atoms with Crippen LogP contribution in [0.2, 0.25) is 0 Å². The summed E-state index contributed by atoms with van der Waals surface area (Å²) in [6, 6.07) is 13.9. The smallest absolute Gasteiger partial charge is 0.255 e. The lowest BCUT2D eigenvalue weighted by atomic mass is 10.1. The fourth-order valence-corrected chi connectivity index (χ4v) is 2.78. The van der Waals surface area contributed by atoms with E-state index in [0.717, 1.165) is 12.1 Å². The maximum Gasteiger partial charge on any atom is 0.255 e. The topological polar surface area (TPSA) is 42.4 Å². The van der Waals surface area contributed by atoms with Gasteiger partial charge in [0.1, 0.15) is 0 Å². The molecule has 4 heteroatoms. The number of pyridine rings is 1. The minimum atomic E-state index is 0.0481. The minimum absolute atomic E-state index is 0.0481. The summed E-state index contributed by atoms with van der Waals surface area (Å²) in [6.07, 6.45) is 2.59. The van der Waals surface area contributed by atoms with Gasteiger partial charge in [0.25, 0.3) is 5.91 Å². The standard InChI is InChI=1S/C18H20N2O2/c1-14-17(8-5-9-19-14)18(21)20-10-11-22-16(13-20)12-15-6-3-2-4-7-15/h2-9,16H,10-13H2,1H3/t16-/m0/s1. The zero-order valence-corrected chi connectivity index (χ0v) is 12.7. The zero-order chi connectivity index (χ0) is 15.4. The van der Waals surface area contributed by atoms with E-state index in [1.54, 1.807) is 6.20 Å². The minimum Gasteiger partial charge on any atom is -0.374 e. The Balaban J connectivity index is 1.68. The van der Waals surface area contributed by atoms with Gasteiger partial charge < -0.3 is 9.64 Å². The SMILES string of the molecule is Cc1ncccc1C(=O)N1CCO[C@@H](Cc2ccccc2)C1. The Morgan fingerprint density at radius 3 is 2.86 bits per heavy atom. The van der Waals surface area contributed by atoms with Gasteiger partial charge in [-0.15, -0.1) is 0 Å². The van der Waals surface area contributed by atoms with Gasteiger partial charge in [-0.2, -0.15) is 0 Å². The van der Waals surface area contributed by atoms with Gasteiger partial charge in [-0.3, -0.25) is 9.78 Å². The van der Waals surface area contributed by atoms with Crippen molar-refractivity contribution in [1.29, 1.82) is 0 Å². The van der Waals surface area contributed by atoms with Crippen LogP contribution in [0.25, 0.3) is 0 Å². The van der Waals surface area contributed by atoms with Crippen molar-refractivity contribution in [3.05, 3.63) is 65.5 Å². The first-order chi connectivity index (χ1) is 10.7. The number of amides is 1. The Kier molecular flexibility index (Phi) is 4.49. The molecule has 2 aromatic rings. The van der Waals surface area contributed by atoms with Crippen LogP contribution in [-0.2, 0) is 11.2 Å². The fourth-order valence-electron chi connectivity index (χ4n) is 2.78. The molecule has 1 aromatic carbocycles. The molecule has 4 nitrogen and oxygen atoms in total. The number of carbonyl (C=O) groups excluding carboxylic acids is 1. The molecule has 1 aliphatic rings. The number of hydrogen-bond donors (Lipinski definition) is 0. The van der Waals surface area contributed by atoms with E-state index < -0.39 is 0 Å². The van der Waals surface area contributed by atoms with Crippen molar-refractivity contribution in [2.75, 3.05) is 19.7 Å². The van der Waals surface area contributed by atoms with E-state index in [0.29, 0.717) is 25.3 Å². The highest BCUT2D eigenvalue weighted by Gasteiger charge is 2.26. The molecule has 0 saturated carbocycles. The lowest BCUT2D eigenvalue weighted by molar-refractivity contribution is -0.0208. The van der Waals surface area contributed by atoms with Gasteiger partial charge in [-0.05, 0) is 24.6 Å². The second kappa shape index (κ2) is 6.71. The first-order valence-electron chi connectivity index (χ1n) is 7.60. The van der Waals surface area contributed by atoms with Gasteiger partial charge in [-0.25, -0.2) is 0 Å². The first-order valence-corrected chi connectivity index (χ1v) is 7.60. The van der Waals surface area contributed by atoms with Crippen molar-refractivity contribution >= 4 is 5.91 Å². The summed E-state index contributed by atoms with van der Waals surface area (Å²) in [5.41, 5.74) is 2.70. The van der Waals surface area contributed by atoms with Crippen LogP contribution >= 0.6 is 0 Å². The highest BCUT2D eigenvalue weighted by molar-refractivity contribution is 5.95. The number of aromatic nitrogens is 1. The zero-order valence-electron chi connectivity index (χ0n) is 12.7. The number of ether oxygens (including phenoxy) is 1. The summed E-state index contributed by atoms with van der Waals surface area (Å²) < 4.78 is 5.82. The average molecular weight is 296 g/mol. The molecule has 1 saturated heterocycles. The second-order valence-electron chi connectivity index (χ2n) is 5.57. The third-order valence-electron chi connectivity index (χ3n) is 3.97. The maximum atomic E-state index is 12.6. The van der Waals surface area contributed by atoms with Gasteiger partial charge in [0, 0.05) is 31.4 Å². The van der Waals surface area contributed by atoms with Crippen molar-refractivity contribution in [1.82, 2.24) is 9.88 Å². The summed E-state index contributed by atoms with van der Waals surface area (Å²) in [5.74, 6) is 0.0481. The number of aryl methyl sites for hydroxylation is 1. The molecule has 1 aliphatic heterocycles. The van der Waals surface area contributed by atoms with E-state index in [2.05, 4.69) is 17.1 Å². The Bertz CT molecular complexity index is 643. The van der Waals surface area contributed by atoms with Gasteiger partial charge in [-0.1, -0.05) is 30.3 Å². The largest absolute Gasteiger partial charge is 0.374 e. The third kappa shape index (κ3) is 3.34.